The molecule has 4 nitrogen and oxygen atoms in total. The van der Waals surface area contributed by atoms with Gasteiger partial charge < -0.3 is 14.2 Å². The van der Waals surface area contributed by atoms with Crippen LogP contribution in [0.2, 0.25) is 5.02 Å². The van der Waals surface area contributed by atoms with E-state index in [1.165, 1.54) is 19.2 Å². The van der Waals surface area contributed by atoms with Gasteiger partial charge in [-0.25, -0.2) is 0 Å². The Morgan fingerprint density at radius 2 is 1.94 bits per heavy atom. The van der Waals surface area contributed by atoms with Crippen molar-refractivity contribution in [3.63, 3.8) is 0 Å². The molecule has 0 bridgehead atoms. The van der Waals surface area contributed by atoms with E-state index in [0.29, 0.717) is 24.7 Å². The standard InChI is InChI=1S/C12H14Cl2O4/c1-16-4-3-5-18-11-6-8(12(14)15)9(13)7-10(11)17-2/h6-7H,3-5H2,1-2H3. The van der Waals surface area contributed by atoms with Gasteiger partial charge in [-0.3, -0.25) is 4.79 Å². The molecule has 0 radical (unpaired) electrons. The van der Waals surface area contributed by atoms with Crippen LogP contribution in [0.25, 0.3) is 0 Å². The van der Waals surface area contributed by atoms with Crippen LogP contribution in [0.5, 0.6) is 11.5 Å². The number of ether oxygens (including phenoxy) is 3. The summed E-state index contributed by atoms with van der Waals surface area (Å²) in [6.07, 6.45) is 0.729. The average molecular weight is 293 g/mol. The van der Waals surface area contributed by atoms with Crippen LogP contribution in [-0.2, 0) is 4.74 Å². The highest BCUT2D eigenvalue weighted by Crippen LogP contribution is 2.34. The van der Waals surface area contributed by atoms with Crippen LogP contribution in [0, 0.1) is 0 Å². The molecular formula is C12H14Cl2O4. The van der Waals surface area contributed by atoms with E-state index in [2.05, 4.69) is 0 Å². The number of methoxy groups -OCH3 is 2. The molecule has 0 saturated heterocycles. The molecule has 0 saturated carbocycles. The fourth-order valence-corrected chi connectivity index (χ4v) is 1.79. The predicted molar refractivity (Wildman–Crippen MR) is 70.2 cm³/mol. The van der Waals surface area contributed by atoms with Crippen LogP contribution >= 0.6 is 23.2 Å². The fraction of sp³-hybridized carbons (Fsp3) is 0.417. The Balaban J connectivity index is 2.86. The lowest BCUT2D eigenvalue weighted by atomic mass is 10.2. The van der Waals surface area contributed by atoms with Crippen molar-refractivity contribution in [3.8, 4) is 11.5 Å². The maximum absolute atomic E-state index is 11.2. The second-order valence-corrected chi connectivity index (χ2v) is 4.20. The number of rotatable bonds is 7. The largest absolute Gasteiger partial charge is 0.493 e. The summed E-state index contributed by atoms with van der Waals surface area (Å²) in [5.41, 5.74) is 0.195. The molecule has 0 aliphatic heterocycles. The third-order valence-electron chi connectivity index (χ3n) is 2.22. The van der Waals surface area contributed by atoms with Gasteiger partial charge in [-0.1, -0.05) is 11.6 Å². The van der Waals surface area contributed by atoms with E-state index in [9.17, 15) is 4.79 Å². The molecule has 0 fully saturated rings. The Hall–Kier alpha value is -0.970. The summed E-state index contributed by atoms with van der Waals surface area (Å²) in [5.74, 6) is 0.890. The molecule has 0 atom stereocenters. The quantitative estimate of drug-likeness (QED) is 0.572. The summed E-state index contributed by atoms with van der Waals surface area (Å²) >= 11 is 11.3. The summed E-state index contributed by atoms with van der Waals surface area (Å²) in [7, 11) is 3.11. The Morgan fingerprint density at radius 1 is 1.22 bits per heavy atom. The van der Waals surface area contributed by atoms with Crippen LogP contribution in [-0.4, -0.2) is 32.7 Å². The molecule has 0 heterocycles. The van der Waals surface area contributed by atoms with Gasteiger partial charge in [-0.15, -0.1) is 0 Å². The van der Waals surface area contributed by atoms with Gasteiger partial charge in [0.15, 0.2) is 11.5 Å². The molecule has 6 heteroatoms. The lowest BCUT2D eigenvalue weighted by Crippen LogP contribution is -2.04. The first-order chi connectivity index (χ1) is 8.60. The summed E-state index contributed by atoms with van der Waals surface area (Å²) in [6.45, 7) is 1.04. The van der Waals surface area contributed by atoms with E-state index in [1.54, 1.807) is 7.11 Å². The normalized spacial score (nSPS) is 10.2. The summed E-state index contributed by atoms with van der Waals surface area (Å²) in [4.78, 5) is 11.2. The molecule has 0 aromatic heterocycles. The summed E-state index contributed by atoms with van der Waals surface area (Å²) < 4.78 is 15.5. The van der Waals surface area contributed by atoms with E-state index in [-0.39, 0.29) is 10.6 Å². The van der Waals surface area contributed by atoms with Crippen LogP contribution in [0.15, 0.2) is 12.1 Å². The minimum Gasteiger partial charge on any atom is -0.493 e. The van der Waals surface area contributed by atoms with Crippen molar-refractivity contribution in [3.05, 3.63) is 22.7 Å². The third-order valence-corrected chi connectivity index (χ3v) is 2.73. The van der Waals surface area contributed by atoms with E-state index < -0.39 is 5.24 Å². The summed E-state index contributed by atoms with van der Waals surface area (Å²) in [6, 6.07) is 2.98. The number of hydrogen-bond donors (Lipinski definition) is 0. The highest BCUT2D eigenvalue weighted by atomic mass is 35.5. The third kappa shape index (κ3) is 4.05. The minimum atomic E-state index is -0.635. The number of hydrogen-bond acceptors (Lipinski definition) is 4. The second-order valence-electron chi connectivity index (χ2n) is 3.45. The lowest BCUT2D eigenvalue weighted by molar-refractivity contribution is 0.108. The first-order valence-corrected chi connectivity index (χ1v) is 6.04. The van der Waals surface area contributed by atoms with Crippen molar-refractivity contribution < 1.29 is 19.0 Å². The smallest absolute Gasteiger partial charge is 0.254 e. The Labute approximate surface area is 116 Å². The molecule has 0 aliphatic rings. The minimum absolute atomic E-state index is 0.195. The molecule has 1 aromatic rings. The van der Waals surface area contributed by atoms with Crippen molar-refractivity contribution in [2.75, 3.05) is 27.4 Å². The molecule has 0 unspecified atom stereocenters. The van der Waals surface area contributed by atoms with Gasteiger partial charge in [-0.2, -0.15) is 0 Å². The molecule has 0 amide bonds. The average Bonchev–Trinajstić information content (AvgIpc) is 2.35. The molecule has 1 aromatic carbocycles. The lowest BCUT2D eigenvalue weighted by Gasteiger charge is -2.12. The van der Waals surface area contributed by atoms with Gasteiger partial charge in [0.2, 0.25) is 0 Å². The van der Waals surface area contributed by atoms with Crippen LogP contribution in [0.1, 0.15) is 16.8 Å². The van der Waals surface area contributed by atoms with Crippen molar-refractivity contribution in [2.24, 2.45) is 0 Å². The van der Waals surface area contributed by atoms with Crippen molar-refractivity contribution in [1.29, 1.82) is 0 Å². The number of carbonyl (C=O) groups is 1. The SMILES string of the molecule is COCCCOc1cc(C(=O)Cl)c(Cl)cc1OC. The highest BCUT2D eigenvalue weighted by Gasteiger charge is 2.14. The van der Waals surface area contributed by atoms with Gasteiger partial charge in [0.1, 0.15) is 0 Å². The van der Waals surface area contributed by atoms with Crippen LogP contribution < -0.4 is 9.47 Å². The van der Waals surface area contributed by atoms with Gasteiger partial charge in [0.25, 0.3) is 5.24 Å². The molecule has 0 aliphatic carbocycles. The molecular weight excluding hydrogens is 279 g/mol. The number of halogens is 2. The maximum atomic E-state index is 11.2. The number of benzene rings is 1. The molecule has 0 spiro atoms. The van der Waals surface area contributed by atoms with Crippen molar-refractivity contribution in [1.82, 2.24) is 0 Å². The number of carbonyl (C=O) groups excluding carboxylic acids is 1. The monoisotopic (exact) mass is 292 g/mol. The van der Waals surface area contributed by atoms with E-state index in [4.69, 9.17) is 37.4 Å². The summed E-state index contributed by atoms with van der Waals surface area (Å²) in [5, 5.41) is -0.402. The van der Waals surface area contributed by atoms with Gasteiger partial charge in [0, 0.05) is 26.2 Å². The Bertz CT molecular complexity index is 421. The molecule has 0 N–H and O–H groups in total. The van der Waals surface area contributed by atoms with Crippen LogP contribution in [0.3, 0.4) is 0 Å². The van der Waals surface area contributed by atoms with Crippen molar-refractivity contribution in [2.45, 2.75) is 6.42 Å². The van der Waals surface area contributed by atoms with Gasteiger partial charge in [-0.05, 0) is 17.7 Å². The zero-order valence-corrected chi connectivity index (χ0v) is 11.7. The van der Waals surface area contributed by atoms with Crippen LogP contribution in [0.4, 0.5) is 0 Å². The highest BCUT2D eigenvalue weighted by molar-refractivity contribution is 6.68. The van der Waals surface area contributed by atoms with E-state index in [0.717, 1.165) is 6.42 Å². The van der Waals surface area contributed by atoms with Gasteiger partial charge >= 0.3 is 0 Å². The fourth-order valence-electron chi connectivity index (χ4n) is 1.34. The molecule has 18 heavy (non-hydrogen) atoms. The zero-order valence-electron chi connectivity index (χ0n) is 10.2. The first kappa shape index (κ1) is 15.1. The Morgan fingerprint density at radius 3 is 2.50 bits per heavy atom. The predicted octanol–water partition coefficient (Wildman–Crippen LogP) is 3.14. The van der Waals surface area contributed by atoms with E-state index in [1.807, 2.05) is 0 Å². The topological polar surface area (TPSA) is 44.8 Å². The van der Waals surface area contributed by atoms with Crippen molar-refractivity contribution >= 4 is 28.4 Å². The maximum Gasteiger partial charge on any atom is 0.254 e. The molecule has 1 rings (SSSR count). The Kier molecular flexibility index (Phi) is 6.25. The van der Waals surface area contributed by atoms with E-state index >= 15 is 0 Å². The zero-order chi connectivity index (χ0) is 13.5. The first-order valence-electron chi connectivity index (χ1n) is 5.29. The van der Waals surface area contributed by atoms with Gasteiger partial charge in [0.05, 0.1) is 24.3 Å². The molecule has 100 valence electrons. The second kappa shape index (κ2) is 7.46.